The van der Waals surface area contributed by atoms with Crippen LogP contribution in [0.25, 0.3) is 0 Å². The van der Waals surface area contributed by atoms with E-state index >= 15 is 0 Å². The normalized spacial score (nSPS) is 29.7. The smallest absolute Gasteiger partial charge is 0.318 e. The van der Waals surface area contributed by atoms with Gasteiger partial charge >= 0.3 is 5.97 Å². The first kappa shape index (κ1) is 7.98. The number of aliphatic carboxylic acids is 1. The second-order valence-electron chi connectivity index (χ2n) is 3.11. The second-order valence-corrected chi connectivity index (χ2v) is 3.11. The highest BCUT2D eigenvalue weighted by molar-refractivity contribution is 5.88. The summed E-state index contributed by atoms with van der Waals surface area (Å²) in [6.07, 6.45) is 10.8. The molecule has 3 heteroatoms. The van der Waals surface area contributed by atoms with Crippen molar-refractivity contribution >= 4 is 12.2 Å². The van der Waals surface area contributed by atoms with Gasteiger partial charge in [-0.2, -0.15) is 0 Å². The Labute approximate surface area is 75.8 Å². The Bertz CT molecular complexity index is 363. The first-order valence-corrected chi connectivity index (χ1v) is 4.07. The number of rotatable bonds is 1. The maximum absolute atomic E-state index is 11.1. The van der Waals surface area contributed by atoms with E-state index in [0.717, 1.165) is 5.57 Å². The maximum Gasteiger partial charge on any atom is 0.318 e. The number of allylic oxidation sites excluding steroid dienone is 3. The predicted octanol–water partition coefficient (Wildman–Crippen LogP) is 1.54. The second kappa shape index (κ2) is 2.69. The van der Waals surface area contributed by atoms with Gasteiger partial charge in [-0.1, -0.05) is 24.3 Å². The number of carboxylic acid groups (broad SMARTS) is 1. The molecule has 13 heavy (non-hydrogen) atoms. The number of nitrogens with zero attached hydrogens (tertiary/aromatic N) is 1. The molecule has 0 aromatic carbocycles. The Balaban J connectivity index is 2.51. The van der Waals surface area contributed by atoms with Crippen molar-refractivity contribution < 1.29 is 9.90 Å². The van der Waals surface area contributed by atoms with Crippen molar-refractivity contribution in [3.05, 3.63) is 36.1 Å². The van der Waals surface area contributed by atoms with E-state index in [1.165, 1.54) is 0 Å². The number of hydrogen-bond donors (Lipinski definition) is 1. The molecule has 0 aromatic heterocycles. The molecular formula is C10H9NO2. The molecular weight excluding hydrogens is 166 g/mol. The molecule has 1 heterocycles. The zero-order chi connectivity index (χ0) is 9.31. The zero-order valence-corrected chi connectivity index (χ0v) is 6.97. The average molecular weight is 175 g/mol. The van der Waals surface area contributed by atoms with Gasteiger partial charge in [0.15, 0.2) is 0 Å². The molecule has 1 unspecified atom stereocenters. The van der Waals surface area contributed by atoms with Crippen LogP contribution in [-0.2, 0) is 4.79 Å². The van der Waals surface area contributed by atoms with Crippen LogP contribution < -0.4 is 0 Å². The SMILES string of the molecule is O=C(O)C12C=CC=CC1=CN=CC2. The Morgan fingerprint density at radius 3 is 3.08 bits per heavy atom. The highest BCUT2D eigenvalue weighted by atomic mass is 16.4. The van der Waals surface area contributed by atoms with Crippen LogP contribution in [0, 0.1) is 5.41 Å². The van der Waals surface area contributed by atoms with Crippen LogP contribution >= 0.6 is 0 Å². The summed E-state index contributed by atoms with van der Waals surface area (Å²) in [5.74, 6) is -0.814. The molecule has 0 bridgehead atoms. The van der Waals surface area contributed by atoms with E-state index in [0.29, 0.717) is 6.42 Å². The largest absolute Gasteiger partial charge is 0.480 e. The molecule has 1 aliphatic heterocycles. The summed E-state index contributed by atoms with van der Waals surface area (Å²) in [4.78, 5) is 15.1. The fourth-order valence-corrected chi connectivity index (χ4v) is 1.58. The molecule has 0 aromatic rings. The zero-order valence-electron chi connectivity index (χ0n) is 6.97. The first-order valence-electron chi connectivity index (χ1n) is 4.07. The Morgan fingerprint density at radius 1 is 1.54 bits per heavy atom. The van der Waals surface area contributed by atoms with E-state index < -0.39 is 11.4 Å². The number of carboxylic acids is 1. The molecule has 0 saturated carbocycles. The molecule has 0 saturated heterocycles. The molecule has 0 fully saturated rings. The number of carbonyl (C=O) groups is 1. The van der Waals surface area contributed by atoms with Gasteiger partial charge in [-0.15, -0.1) is 0 Å². The lowest BCUT2D eigenvalue weighted by atomic mass is 9.74. The molecule has 1 aliphatic carbocycles. The quantitative estimate of drug-likeness (QED) is 0.657. The fourth-order valence-electron chi connectivity index (χ4n) is 1.58. The summed E-state index contributed by atoms with van der Waals surface area (Å²) in [6.45, 7) is 0. The molecule has 2 rings (SSSR count). The lowest BCUT2D eigenvalue weighted by Gasteiger charge is -2.29. The van der Waals surface area contributed by atoms with Crippen LogP contribution in [0.1, 0.15) is 6.42 Å². The van der Waals surface area contributed by atoms with Crippen LogP contribution in [0.5, 0.6) is 0 Å². The van der Waals surface area contributed by atoms with E-state index in [1.54, 1.807) is 30.6 Å². The summed E-state index contributed by atoms with van der Waals surface area (Å²) in [6, 6.07) is 0. The average Bonchev–Trinajstić information content (AvgIpc) is 2.17. The summed E-state index contributed by atoms with van der Waals surface area (Å²) in [5, 5.41) is 9.14. The third-order valence-electron chi connectivity index (χ3n) is 2.40. The van der Waals surface area contributed by atoms with E-state index in [1.807, 2.05) is 6.08 Å². The van der Waals surface area contributed by atoms with Crippen LogP contribution in [-0.4, -0.2) is 17.3 Å². The van der Waals surface area contributed by atoms with Gasteiger partial charge in [0.05, 0.1) is 0 Å². The lowest BCUT2D eigenvalue weighted by Crippen LogP contribution is -2.33. The van der Waals surface area contributed by atoms with Crippen LogP contribution in [0.3, 0.4) is 0 Å². The Kier molecular flexibility index (Phi) is 1.65. The minimum absolute atomic E-state index is 0.439. The fraction of sp³-hybridized carbons (Fsp3) is 0.200. The predicted molar refractivity (Wildman–Crippen MR) is 49.5 cm³/mol. The van der Waals surface area contributed by atoms with Crippen molar-refractivity contribution in [2.45, 2.75) is 6.42 Å². The minimum atomic E-state index is -0.865. The van der Waals surface area contributed by atoms with Crippen molar-refractivity contribution in [3.8, 4) is 0 Å². The Morgan fingerprint density at radius 2 is 2.38 bits per heavy atom. The topological polar surface area (TPSA) is 49.7 Å². The minimum Gasteiger partial charge on any atom is -0.480 e. The van der Waals surface area contributed by atoms with E-state index in [9.17, 15) is 4.79 Å². The van der Waals surface area contributed by atoms with Crippen LogP contribution in [0.15, 0.2) is 41.1 Å². The van der Waals surface area contributed by atoms with Crippen LogP contribution in [0.2, 0.25) is 0 Å². The standard InChI is InChI=1S/C10H9NO2/c12-9(13)10-4-2-1-3-8(10)7-11-6-5-10/h1-4,6-7H,5H2,(H,12,13). The van der Waals surface area contributed by atoms with E-state index in [4.69, 9.17) is 5.11 Å². The van der Waals surface area contributed by atoms with Gasteiger partial charge in [-0.25, -0.2) is 0 Å². The molecule has 1 atom stereocenters. The molecule has 66 valence electrons. The third kappa shape index (κ3) is 1.04. The van der Waals surface area contributed by atoms with Crippen molar-refractivity contribution in [1.29, 1.82) is 0 Å². The monoisotopic (exact) mass is 175 g/mol. The molecule has 0 spiro atoms. The van der Waals surface area contributed by atoms with Crippen molar-refractivity contribution in [2.24, 2.45) is 10.4 Å². The van der Waals surface area contributed by atoms with Gasteiger partial charge in [-0.05, 0) is 5.57 Å². The Hall–Kier alpha value is -1.64. The molecule has 0 amide bonds. The number of fused-ring (bicyclic) bond motifs is 1. The van der Waals surface area contributed by atoms with E-state index in [-0.39, 0.29) is 0 Å². The number of hydrogen-bond acceptors (Lipinski definition) is 2. The van der Waals surface area contributed by atoms with Crippen LogP contribution in [0.4, 0.5) is 0 Å². The maximum atomic E-state index is 11.1. The molecule has 1 N–H and O–H groups in total. The highest BCUT2D eigenvalue weighted by Crippen LogP contribution is 2.38. The van der Waals surface area contributed by atoms with Crippen molar-refractivity contribution in [3.63, 3.8) is 0 Å². The molecule has 0 radical (unpaired) electrons. The lowest BCUT2D eigenvalue weighted by molar-refractivity contribution is -0.143. The van der Waals surface area contributed by atoms with Gasteiger partial charge in [0.2, 0.25) is 0 Å². The van der Waals surface area contributed by atoms with Crippen molar-refractivity contribution in [1.82, 2.24) is 0 Å². The van der Waals surface area contributed by atoms with Gasteiger partial charge in [0.25, 0.3) is 0 Å². The summed E-state index contributed by atoms with van der Waals surface area (Å²) in [5.41, 5.74) is -0.110. The number of aliphatic imine (C=N–C) groups is 1. The van der Waals surface area contributed by atoms with Crippen molar-refractivity contribution in [2.75, 3.05) is 0 Å². The molecule has 2 aliphatic rings. The van der Waals surface area contributed by atoms with Gasteiger partial charge in [0.1, 0.15) is 5.41 Å². The molecule has 3 nitrogen and oxygen atoms in total. The van der Waals surface area contributed by atoms with Gasteiger partial charge in [0, 0.05) is 18.8 Å². The summed E-state index contributed by atoms with van der Waals surface area (Å²) in [7, 11) is 0. The van der Waals surface area contributed by atoms with E-state index in [2.05, 4.69) is 4.99 Å². The summed E-state index contributed by atoms with van der Waals surface area (Å²) < 4.78 is 0. The highest BCUT2D eigenvalue weighted by Gasteiger charge is 2.40. The summed E-state index contributed by atoms with van der Waals surface area (Å²) >= 11 is 0. The third-order valence-corrected chi connectivity index (χ3v) is 2.40. The van der Waals surface area contributed by atoms with Gasteiger partial charge in [-0.3, -0.25) is 9.79 Å². The first-order chi connectivity index (χ1) is 6.26. The van der Waals surface area contributed by atoms with Gasteiger partial charge < -0.3 is 5.11 Å².